The lowest BCUT2D eigenvalue weighted by atomic mass is 9.99. The van der Waals surface area contributed by atoms with E-state index >= 15 is 0 Å². The second-order valence-electron chi connectivity index (χ2n) is 12.2. The molecule has 3 heterocycles. The van der Waals surface area contributed by atoms with Crippen LogP contribution >= 0.6 is 0 Å². The molecule has 0 fully saturated rings. The fourth-order valence-corrected chi connectivity index (χ4v) is 6.33. The molecule has 0 aliphatic heterocycles. The van der Waals surface area contributed by atoms with Crippen molar-refractivity contribution < 1.29 is 0 Å². The molecule has 3 aromatic heterocycles. The topological polar surface area (TPSA) is 64.5 Å². The SMILES string of the molecule is c1ccc(-c2ccc3ccc4ccc(-c5cccc(-c6cccc(-c7nc(-c8ccccc8)nc(-c8ccccc8)n7)c6)c5)nc4c3n2)cc1. The fraction of sp³-hybridized carbons (Fsp3) is 0. The summed E-state index contributed by atoms with van der Waals surface area (Å²) in [4.78, 5) is 25.0. The van der Waals surface area contributed by atoms with Crippen LogP contribution in [0.15, 0.2) is 176 Å². The highest BCUT2D eigenvalue weighted by molar-refractivity contribution is 6.04. The van der Waals surface area contributed by atoms with Gasteiger partial charge in [-0.2, -0.15) is 0 Å². The van der Waals surface area contributed by atoms with E-state index < -0.39 is 0 Å². The summed E-state index contributed by atoms with van der Waals surface area (Å²) < 4.78 is 0. The smallest absolute Gasteiger partial charge is 0.164 e. The van der Waals surface area contributed by atoms with Gasteiger partial charge in [0.25, 0.3) is 0 Å². The molecule has 0 N–H and O–H groups in total. The number of hydrogen-bond donors (Lipinski definition) is 0. The number of pyridine rings is 2. The van der Waals surface area contributed by atoms with Crippen molar-refractivity contribution in [1.29, 1.82) is 0 Å². The third-order valence-corrected chi connectivity index (χ3v) is 8.90. The van der Waals surface area contributed by atoms with Crippen LogP contribution in [0, 0.1) is 0 Å². The summed E-state index contributed by atoms with van der Waals surface area (Å²) in [5, 5.41) is 2.13. The predicted molar refractivity (Wildman–Crippen MR) is 203 cm³/mol. The molecule has 234 valence electrons. The zero-order chi connectivity index (χ0) is 33.3. The Bertz CT molecular complexity index is 2580. The Hall–Kier alpha value is -6.85. The molecule has 0 aliphatic carbocycles. The molecular weight excluding hydrogens is 611 g/mol. The maximum Gasteiger partial charge on any atom is 0.164 e. The highest BCUT2D eigenvalue weighted by Gasteiger charge is 2.14. The maximum atomic E-state index is 5.20. The summed E-state index contributed by atoms with van der Waals surface area (Å²) in [6.07, 6.45) is 0. The van der Waals surface area contributed by atoms with Crippen LogP contribution in [0.5, 0.6) is 0 Å². The van der Waals surface area contributed by atoms with Crippen molar-refractivity contribution in [3.63, 3.8) is 0 Å². The van der Waals surface area contributed by atoms with Gasteiger partial charge < -0.3 is 0 Å². The number of hydrogen-bond acceptors (Lipinski definition) is 5. The highest BCUT2D eigenvalue weighted by atomic mass is 15.0. The quantitative estimate of drug-likeness (QED) is 0.169. The lowest BCUT2D eigenvalue weighted by Crippen LogP contribution is -2.00. The largest absolute Gasteiger partial charge is 0.245 e. The summed E-state index contributed by atoms with van der Waals surface area (Å²) >= 11 is 0. The van der Waals surface area contributed by atoms with Gasteiger partial charge in [-0.3, -0.25) is 0 Å². The molecule has 0 unspecified atom stereocenters. The molecule has 0 atom stereocenters. The first-order chi connectivity index (χ1) is 24.7. The number of nitrogens with zero attached hydrogens (tertiary/aromatic N) is 5. The summed E-state index contributed by atoms with van der Waals surface area (Å²) in [6, 6.07) is 59.9. The first-order valence-electron chi connectivity index (χ1n) is 16.6. The van der Waals surface area contributed by atoms with E-state index in [9.17, 15) is 0 Å². The van der Waals surface area contributed by atoms with Crippen molar-refractivity contribution in [1.82, 2.24) is 24.9 Å². The third kappa shape index (κ3) is 5.67. The first-order valence-corrected chi connectivity index (χ1v) is 16.6. The van der Waals surface area contributed by atoms with Gasteiger partial charge >= 0.3 is 0 Å². The Morgan fingerprint density at radius 1 is 0.240 bits per heavy atom. The molecule has 5 nitrogen and oxygen atoms in total. The normalized spacial score (nSPS) is 11.2. The van der Waals surface area contributed by atoms with Crippen LogP contribution in [0.1, 0.15) is 0 Å². The minimum absolute atomic E-state index is 0.626. The van der Waals surface area contributed by atoms with E-state index in [0.29, 0.717) is 17.5 Å². The van der Waals surface area contributed by atoms with Gasteiger partial charge in [0.2, 0.25) is 0 Å². The average molecular weight is 640 g/mol. The van der Waals surface area contributed by atoms with Crippen molar-refractivity contribution >= 4 is 21.8 Å². The molecule has 0 saturated carbocycles. The third-order valence-electron chi connectivity index (χ3n) is 8.90. The fourth-order valence-electron chi connectivity index (χ4n) is 6.33. The molecule has 6 aromatic carbocycles. The molecule has 0 radical (unpaired) electrons. The summed E-state index contributed by atoms with van der Waals surface area (Å²) in [7, 11) is 0. The van der Waals surface area contributed by atoms with Crippen molar-refractivity contribution in [2.24, 2.45) is 0 Å². The van der Waals surface area contributed by atoms with Gasteiger partial charge in [-0.05, 0) is 35.4 Å². The zero-order valence-corrected chi connectivity index (χ0v) is 27.0. The summed E-state index contributed by atoms with van der Waals surface area (Å²) in [6.45, 7) is 0. The van der Waals surface area contributed by atoms with Gasteiger partial charge in [-0.1, -0.05) is 152 Å². The van der Waals surface area contributed by atoms with Gasteiger partial charge in [0, 0.05) is 38.6 Å². The van der Waals surface area contributed by atoms with Crippen LogP contribution in [0.4, 0.5) is 0 Å². The van der Waals surface area contributed by atoms with Crippen molar-refractivity contribution in [2.75, 3.05) is 0 Å². The highest BCUT2D eigenvalue weighted by Crippen LogP contribution is 2.32. The van der Waals surface area contributed by atoms with Crippen LogP contribution in [-0.2, 0) is 0 Å². The lowest BCUT2D eigenvalue weighted by molar-refractivity contribution is 1.07. The van der Waals surface area contributed by atoms with E-state index in [2.05, 4.69) is 97.1 Å². The second-order valence-corrected chi connectivity index (χ2v) is 12.2. The van der Waals surface area contributed by atoms with Crippen LogP contribution in [0.2, 0.25) is 0 Å². The Labute approximate surface area is 289 Å². The number of aromatic nitrogens is 5. The van der Waals surface area contributed by atoms with Gasteiger partial charge in [0.05, 0.1) is 22.4 Å². The van der Waals surface area contributed by atoms with Crippen LogP contribution in [-0.4, -0.2) is 24.9 Å². The standard InChI is InChI=1S/C45H29N5/c1-4-12-30(13-5-1)39-26-24-31-22-23-32-25-27-40(47-42(32)41(31)46-39)37-20-10-18-35(28-37)36-19-11-21-38(29-36)45-49-43(33-14-6-2-7-15-33)48-44(50-45)34-16-8-3-9-17-34/h1-29H. The monoisotopic (exact) mass is 639 g/mol. The van der Waals surface area contributed by atoms with Crippen molar-refractivity contribution in [3.05, 3.63) is 176 Å². The van der Waals surface area contributed by atoms with Crippen LogP contribution in [0.3, 0.4) is 0 Å². The summed E-state index contributed by atoms with van der Waals surface area (Å²) in [5.74, 6) is 1.91. The molecule has 0 saturated heterocycles. The number of rotatable bonds is 6. The van der Waals surface area contributed by atoms with E-state index in [1.807, 2.05) is 78.9 Å². The summed E-state index contributed by atoms with van der Waals surface area (Å²) in [5.41, 5.74) is 10.7. The van der Waals surface area contributed by atoms with E-state index in [-0.39, 0.29) is 0 Å². The number of benzene rings is 6. The van der Waals surface area contributed by atoms with Crippen LogP contribution in [0.25, 0.3) is 89.6 Å². The molecule has 0 amide bonds. The Morgan fingerprint density at radius 3 is 1.12 bits per heavy atom. The van der Waals surface area contributed by atoms with Gasteiger partial charge in [0.15, 0.2) is 17.5 Å². The lowest BCUT2D eigenvalue weighted by Gasteiger charge is -2.11. The van der Waals surface area contributed by atoms with Crippen molar-refractivity contribution in [3.8, 4) is 67.8 Å². The average Bonchev–Trinajstić information content (AvgIpc) is 3.21. The van der Waals surface area contributed by atoms with E-state index in [1.54, 1.807) is 0 Å². The molecule has 5 heteroatoms. The number of fused-ring (bicyclic) bond motifs is 3. The molecule has 0 spiro atoms. The molecular formula is C45H29N5. The van der Waals surface area contributed by atoms with Crippen LogP contribution < -0.4 is 0 Å². The Balaban J connectivity index is 1.11. The van der Waals surface area contributed by atoms with Gasteiger partial charge in [0.1, 0.15) is 0 Å². The first kappa shape index (κ1) is 29.3. The maximum absolute atomic E-state index is 5.20. The second kappa shape index (κ2) is 12.6. The molecule has 9 rings (SSSR count). The molecule has 0 bridgehead atoms. The zero-order valence-electron chi connectivity index (χ0n) is 27.0. The Kier molecular flexibility index (Phi) is 7.41. The minimum Gasteiger partial charge on any atom is -0.245 e. The predicted octanol–water partition coefficient (Wildman–Crippen LogP) is 11.0. The van der Waals surface area contributed by atoms with Gasteiger partial charge in [-0.15, -0.1) is 0 Å². The van der Waals surface area contributed by atoms with Gasteiger partial charge in [-0.25, -0.2) is 24.9 Å². The minimum atomic E-state index is 0.626. The molecule has 9 aromatic rings. The van der Waals surface area contributed by atoms with E-state index in [1.165, 1.54) is 0 Å². The van der Waals surface area contributed by atoms with E-state index in [0.717, 1.165) is 72.1 Å². The molecule has 50 heavy (non-hydrogen) atoms. The van der Waals surface area contributed by atoms with Crippen molar-refractivity contribution in [2.45, 2.75) is 0 Å². The molecule has 0 aliphatic rings. The van der Waals surface area contributed by atoms with E-state index in [4.69, 9.17) is 24.9 Å². The Morgan fingerprint density at radius 2 is 0.600 bits per heavy atom.